The molecule has 0 fully saturated rings. The van der Waals surface area contributed by atoms with E-state index < -0.39 is 0 Å². The molecule has 0 radical (unpaired) electrons. The zero-order chi connectivity index (χ0) is 20.3. The Bertz CT molecular complexity index is 991. The number of rotatable bonds is 5. The van der Waals surface area contributed by atoms with Gasteiger partial charge < -0.3 is 15.4 Å². The molecule has 0 spiro atoms. The monoisotopic (exact) mass is 376 g/mol. The average Bonchev–Trinajstić information content (AvgIpc) is 2.65. The molecule has 0 unspecified atom stereocenters. The second-order valence-corrected chi connectivity index (χ2v) is 6.80. The molecule has 1 heterocycles. The fraction of sp³-hybridized carbons (Fsp3) is 0.227. The molecule has 1 amide bonds. The summed E-state index contributed by atoms with van der Waals surface area (Å²) in [6.45, 7) is 7.98. The Morgan fingerprint density at radius 3 is 2.18 bits per heavy atom. The van der Waals surface area contributed by atoms with Gasteiger partial charge in [-0.2, -0.15) is 0 Å². The number of nitrogens with zero attached hydrogens (tertiary/aromatic N) is 2. The highest BCUT2D eigenvalue weighted by molar-refractivity contribution is 6.03. The number of aromatic nitrogens is 2. The van der Waals surface area contributed by atoms with Gasteiger partial charge >= 0.3 is 0 Å². The van der Waals surface area contributed by atoms with Gasteiger partial charge in [-0.05, 0) is 69.2 Å². The zero-order valence-corrected chi connectivity index (χ0v) is 16.8. The quantitative estimate of drug-likeness (QED) is 0.674. The first-order chi connectivity index (χ1) is 13.4. The van der Waals surface area contributed by atoms with Gasteiger partial charge in [0.25, 0.3) is 5.91 Å². The van der Waals surface area contributed by atoms with Crippen LogP contribution >= 0.6 is 0 Å². The summed E-state index contributed by atoms with van der Waals surface area (Å²) in [5.74, 6) is 0.831. The third-order valence-corrected chi connectivity index (χ3v) is 4.35. The van der Waals surface area contributed by atoms with Crippen LogP contribution in [0.3, 0.4) is 0 Å². The molecular weight excluding hydrogens is 352 g/mol. The van der Waals surface area contributed by atoms with E-state index in [0.717, 1.165) is 22.6 Å². The van der Waals surface area contributed by atoms with Crippen molar-refractivity contribution in [2.24, 2.45) is 0 Å². The molecule has 0 aliphatic rings. The van der Waals surface area contributed by atoms with Crippen molar-refractivity contribution in [3.63, 3.8) is 0 Å². The molecule has 3 rings (SSSR count). The predicted octanol–water partition coefficient (Wildman–Crippen LogP) is 4.71. The molecule has 0 saturated carbocycles. The van der Waals surface area contributed by atoms with Crippen molar-refractivity contribution in [3.8, 4) is 5.75 Å². The largest absolute Gasteiger partial charge is 0.497 e. The van der Waals surface area contributed by atoms with Crippen molar-refractivity contribution in [3.05, 3.63) is 70.5 Å². The number of hydrogen-bond acceptors (Lipinski definition) is 5. The second kappa shape index (κ2) is 8.08. The summed E-state index contributed by atoms with van der Waals surface area (Å²) in [7, 11) is 1.60. The molecular formula is C22H24N4O2. The Morgan fingerprint density at radius 1 is 0.929 bits per heavy atom. The number of carbonyl (C=O) groups excluding carboxylic acids is 1. The lowest BCUT2D eigenvalue weighted by Crippen LogP contribution is -2.15. The minimum absolute atomic E-state index is 0.295. The van der Waals surface area contributed by atoms with Crippen molar-refractivity contribution < 1.29 is 9.53 Å². The van der Waals surface area contributed by atoms with Crippen LogP contribution < -0.4 is 15.4 Å². The maximum Gasteiger partial charge on any atom is 0.274 e. The summed E-state index contributed by atoms with van der Waals surface area (Å²) in [6.07, 6.45) is 0. The minimum atomic E-state index is -0.295. The maximum atomic E-state index is 12.6. The summed E-state index contributed by atoms with van der Waals surface area (Å²) in [5, 5.41) is 6.11. The molecule has 2 aromatic carbocycles. The van der Waals surface area contributed by atoms with Gasteiger partial charge in [-0.3, -0.25) is 4.79 Å². The molecule has 0 aliphatic carbocycles. The Balaban J connectivity index is 1.83. The first-order valence-electron chi connectivity index (χ1n) is 9.01. The second-order valence-electron chi connectivity index (χ2n) is 6.80. The highest BCUT2D eigenvalue weighted by Gasteiger charge is 2.13. The molecule has 0 atom stereocenters. The summed E-state index contributed by atoms with van der Waals surface area (Å²) >= 11 is 0. The summed E-state index contributed by atoms with van der Waals surface area (Å²) < 4.78 is 5.13. The van der Waals surface area contributed by atoms with Crippen LogP contribution in [-0.2, 0) is 0 Å². The molecule has 0 aliphatic heterocycles. The Labute approximate surface area is 165 Å². The van der Waals surface area contributed by atoms with Crippen LogP contribution in [0.15, 0.2) is 42.5 Å². The molecule has 2 N–H and O–H groups in total. The Kier molecular flexibility index (Phi) is 5.59. The highest BCUT2D eigenvalue weighted by Crippen LogP contribution is 2.25. The van der Waals surface area contributed by atoms with Gasteiger partial charge in [-0.15, -0.1) is 0 Å². The fourth-order valence-corrected chi connectivity index (χ4v) is 3.10. The maximum absolute atomic E-state index is 12.6. The number of aryl methyl sites for hydroxylation is 4. The molecule has 144 valence electrons. The lowest BCUT2D eigenvalue weighted by atomic mass is 10.1. The topological polar surface area (TPSA) is 76.1 Å². The van der Waals surface area contributed by atoms with Crippen molar-refractivity contribution in [1.29, 1.82) is 0 Å². The van der Waals surface area contributed by atoms with Gasteiger partial charge in [-0.25, -0.2) is 9.97 Å². The molecule has 1 aromatic heterocycles. The summed E-state index contributed by atoms with van der Waals surface area (Å²) in [6, 6.07) is 13.0. The molecule has 0 saturated heterocycles. The minimum Gasteiger partial charge on any atom is -0.497 e. The summed E-state index contributed by atoms with van der Waals surface area (Å²) in [4.78, 5) is 21.5. The molecule has 6 nitrogen and oxygen atoms in total. The van der Waals surface area contributed by atoms with Crippen LogP contribution in [0.5, 0.6) is 5.75 Å². The summed E-state index contributed by atoms with van der Waals surface area (Å²) in [5.41, 5.74) is 6.04. The van der Waals surface area contributed by atoms with E-state index in [1.807, 2.05) is 20.8 Å². The van der Waals surface area contributed by atoms with E-state index in [-0.39, 0.29) is 5.91 Å². The van der Waals surface area contributed by atoms with Gasteiger partial charge in [0.2, 0.25) is 5.95 Å². The molecule has 0 bridgehead atoms. The Hall–Kier alpha value is -3.41. The van der Waals surface area contributed by atoms with Crippen LogP contribution in [0, 0.1) is 27.7 Å². The van der Waals surface area contributed by atoms with E-state index in [1.54, 1.807) is 37.4 Å². The zero-order valence-electron chi connectivity index (χ0n) is 16.8. The number of methoxy groups -OCH3 is 1. The van der Waals surface area contributed by atoms with E-state index in [9.17, 15) is 4.79 Å². The van der Waals surface area contributed by atoms with Gasteiger partial charge in [0.1, 0.15) is 11.4 Å². The highest BCUT2D eigenvalue weighted by atomic mass is 16.5. The van der Waals surface area contributed by atoms with Crippen molar-refractivity contribution in [2.45, 2.75) is 27.7 Å². The number of carbonyl (C=O) groups is 1. The van der Waals surface area contributed by atoms with E-state index in [1.165, 1.54) is 5.56 Å². The van der Waals surface area contributed by atoms with E-state index >= 15 is 0 Å². The number of anilines is 3. The van der Waals surface area contributed by atoms with Crippen LogP contribution in [-0.4, -0.2) is 23.0 Å². The third-order valence-electron chi connectivity index (χ3n) is 4.35. The first kappa shape index (κ1) is 19.4. The lowest BCUT2D eigenvalue weighted by Gasteiger charge is -2.14. The number of ether oxygens (including phenoxy) is 1. The number of amides is 1. The van der Waals surface area contributed by atoms with Crippen LogP contribution in [0.2, 0.25) is 0 Å². The molecule has 3 aromatic rings. The number of hydrogen-bond donors (Lipinski definition) is 2. The third kappa shape index (κ3) is 4.46. The van der Waals surface area contributed by atoms with Crippen LogP contribution in [0.4, 0.5) is 17.3 Å². The average molecular weight is 376 g/mol. The SMILES string of the molecule is COc1ccc(NC(=O)c2cc(C)nc(Nc3c(C)cc(C)cc3C)n2)cc1. The standard InChI is InChI=1S/C22H24N4O2/c1-13-10-14(2)20(15(3)11-13)26-22-23-16(4)12-19(25-22)21(27)24-17-6-8-18(28-5)9-7-17/h6-12H,1-5H3,(H,24,27)(H,23,25,26). The smallest absolute Gasteiger partial charge is 0.274 e. The number of nitrogens with one attached hydrogen (secondary N) is 2. The van der Waals surface area contributed by atoms with Gasteiger partial charge in [0, 0.05) is 17.1 Å². The van der Waals surface area contributed by atoms with Gasteiger partial charge in [0.05, 0.1) is 7.11 Å². The Morgan fingerprint density at radius 2 is 1.57 bits per heavy atom. The van der Waals surface area contributed by atoms with Crippen LogP contribution in [0.1, 0.15) is 32.9 Å². The fourth-order valence-electron chi connectivity index (χ4n) is 3.10. The molecule has 28 heavy (non-hydrogen) atoms. The molecule has 6 heteroatoms. The number of benzene rings is 2. The van der Waals surface area contributed by atoms with Gasteiger partial charge in [0.15, 0.2) is 0 Å². The van der Waals surface area contributed by atoms with Crippen LogP contribution in [0.25, 0.3) is 0 Å². The van der Waals surface area contributed by atoms with Crippen molar-refractivity contribution >= 4 is 23.2 Å². The predicted molar refractivity (Wildman–Crippen MR) is 112 cm³/mol. The van der Waals surface area contributed by atoms with Crippen molar-refractivity contribution in [1.82, 2.24) is 9.97 Å². The normalized spacial score (nSPS) is 10.5. The lowest BCUT2D eigenvalue weighted by molar-refractivity contribution is 0.102. The van der Waals surface area contributed by atoms with Gasteiger partial charge in [-0.1, -0.05) is 17.7 Å². The first-order valence-corrected chi connectivity index (χ1v) is 9.01. The van der Waals surface area contributed by atoms with E-state index in [0.29, 0.717) is 23.0 Å². The van der Waals surface area contributed by atoms with E-state index in [2.05, 4.69) is 39.7 Å². The van der Waals surface area contributed by atoms with Crippen molar-refractivity contribution in [2.75, 3.05) is 17.7 Å². The van der Waals surface area contributed by atoms with E-state index in [4.69, 9.17) is 4.74 Å².